The standard InChI is InChI=1S/C13H8BrClFNOS/c14-9-3-2-8(16)6-12(9)18-11-4-1-7(13(17)19)5-10(11)15/h1-6H,(H2,17,19). The highest BCUT2D eigenvalue weighted by molar-refractivity contribution is 9.10. The van der Waals surface area contributed by atoms with Gasteiger partial charge in [-0.2, -0.15) is 0 Å². The number of hydrogen-bond donors (Lipinski definition) is 1. The summed E-state index contributed by atoms with van der Waals surface area (Å²) in [5.41, 5.74) is 6.15. The molecule has 19 heavy (non-hydrogen) atoms. The van der Waals surface area contributed by atoms with Gasteiger partial charge >= 0.3 is 0 Å². The second-order valence-electron chi connectivity index (χ2n) is 3.69. The molecule has 0 atom stereocenters. The molecule has 0 aromatic heterocycles. The molecule has 0 saturated heterocycles. The summed E-state index contributed by atoms with van der Waals surface area (Å²) in [7, 11) is 0. The fourth-order valence-electron chi connectivity index (χ4n) is 1.41. The third-order valence-electron chi connectivity index (χ3n) is 2.33. The van der Waals surface area contributed by atoms with E-state index in [1.807, 2.05) is 0 Å². The van der Waals surface area contributed by atoms with E-state index in [-0.39, 0.29) is 4.99 Å². The van der Waals surface area contributed by atoms with Crippen LogP contribution in [0.15, 0.2) is 40.9 Å². The van der Waals surface area contributed by atoms with Gasteiger partial charge in [0.1, 0.15) is 22.3 Å². The number of hydrogen-bond acceptors (Lipinski definition) is 2. The Hall–Kier alpha value is -1.17. The summed E-state index contributed by atoms with van der Waals surface area (Å²) in [6, 6.07) is 9.08. The van der Waals surface area contributed by atoms with Gasteiger partial charge in [0, 0.05) is 11.6 Å². The zero-order chi connectivity index (χ0) is 14.0. The SMILES string of the molecule is NC(=S)c1ccc(Oc2cc(F)ccc2Br)c(Cl)c1. The maximum absolute atomic E-state index is 13.2. The molecule has 0 aliphatic rings. The lowest BCUT2D eigenvalue weighted by atomic mass is 10.2. The molecule has 0 aliphatic carbocycles. The molecule has 0 radical (unpaired) electrons. The molecule has 0 aliphatic heterocycles. The molecular formula is C13H8BrClFNOS. The van der Waals surface area contributed by atoms with Crippen molar-refractivity contribution in [1.82, 2.24) is 0 Å². The maximum atomic E-state index is 13.2. The average molecular weight is 361 g/mol. The lowest BCUT2D eigenvalue weighted by Crippen LogP contribution is -2.08. The summed E-state index contributed by atoms with van der Waals surface area (Å²) in [5.74, 6) is 0.340. The van der Waals surface area contributed by atoms with Gasteiger partial charge in [-0.15, -0.1) is 0 Å². The smallest absolute Gasteiger partial charge is 0.146 e. The number of halogens is 3. The molecule has 2 N–H and O–H groups in total. The van der Waals surface area contributed by atoms with Crippen molar-refractivity contribution in [3.05, 3.63) is 57.3 Å². The van der Waals surface area contributed by atoms with Crippen molar-refractivity contribution in [3.63, 3.8) is 0 Å². The van der Waals surface area contributed by atoms with E-state index in [1.54, 1.807) is 24.3 Å². The summed E-state index contributed by atoms with van der Waals surface area (Å²) in [5, 5.41) is 0.349. The van der Waals surface area contributed by atoms with Crippen LogP contribution in [0.5, 0.6) is 11.5 Å². The summed E-state index contributed by atoms with van der Waals surface area (Å²) in [6.07, 6.45) is 0. The molecule has 2 aromatic carbocycles. The quantitative estimate of drug-likeness (QED) is 0.808. The summed E-state index contributed by atoms with van der Waals surface area (Å²) in [4.78, 5) is 0.250. The van der Waals surface area contributed by atoms with Gasteiger partial charge in [0.05, 0.1) is 9.50 Å². The van der Waals surface area contributed by atoms with Crippen molar-refractivity contribution in [2.75, 3.05) is 0 Å². The second kappa shape index (κ2) is 5.86. The first-order valence-electron chi connectivity index (χ1n) is 5.19. The zero-order valence-corrected chi connectivity index (χ0v) is 12.7. The molecule has 0 bridgehead atoms. The van der Waals surface area contributed by atoms with Crippen molar-refractivity contribution in [2.24, 2.45) is 5.73 Å². The molecule has 98 valence electrons. The molecule has 0 heterocycles. The van der Waals surface area contributed by atoms with Crippen LogP contribution in [0.2, 0.25) is 5.02 Å². The second-order valence-corrected chi connectivity index (χ2v) is 5.39. The minimum Gasteiger partial charge on any atom is -0.455 e. The highest BCUT2D eigenvalue weighted by Gasteiger charge is 2.09. The van der Waals surface area contributed by atoms with Gasteiger partial charge in [-0.1, -0.05) is 23.8 Å². The topological polar surface area (TPSA) is 35.2 Å². The van der Waals surface area contributed by atoms with E-state index in [0.717, 1.165) is 0 Å². The Balaban J connectivity index is 2.33. The molecule has 0 spiro atoms. The first-order chi connectivity index (χ1) is 8.97. The van der Waals surface area contributed by atoms with Crippen molar-refractivity contribution in [2.45, 2.75) is 0 Å². The van der Waals surface area contributed by atoms with Crippen LogP contribution >= 0.6 is 39.7 Å². The van der Waals surface area contributed by atoms with Gasteiger partial charge in [0.15, 0.2) is 0 Å². The van der Waals surface area contributed by atoms with E-state index in [1.165, 1.54) is 12.1 Å². The Morgan fingerprint density at radius 3 is 2.58 bits per heavy atom. The highest BCUT2D eigenvalue weighted by atomic mass is 79.9. The Labute approximate surface area is 128 Å². The van der Waals surface area contributed by atoms with E-state index in [0.29, 0.717) is 26.6 Å². The number of nitrogens with two attached hydrogens (primary N) is 1. The molecule has 0 unspecified atom stereocenters. The normalized spacial score (nSPS) is 10.3. The van der Waals surface area contributed by atoms with Crippen molar-refractivity contribution >= 4 is 44.7 Å². The van der Waals surface area contributed by atoms with Crippen LogP contribution in [0, 0.1) is 5.82 Å². The Bertz CT molecular complexity index is 651. The third kappa shape index (κ3) is 3.43. The molecule has 0 amide bonds. The van der Waals surface area contributed by atoms with Crippen LogP contribution < -0.4 is 10.5 Å². The highest BCUT2D eigenvalue weighted by Crippen LogP contribution is 2.34. The van der Waals surface area contributed by atoms with Gasteiger partial charge in [-0.3, -0.25) is 0 Å². The molecule has 0 fully saturated rings. The molecule has 2 aromatic rings. The van der Waals surface area contributed by atoms with Crippen LogP contribution in [0.25, 0.3) is 0 Å². The van der Waals surface area contributed by atoms with Crippen LogP contribution in [0.1, 0.15) is 5.56 Å². The molecule has 2 rings (SSSR count). The Morgan fingerprint density at radius 2 is 1.95 bits per heavy atom. The monoisotopic (exact) mass is 359 g/mol. The van der Waals surface area contributed by atoms with Gasteiger partial charge in [0.25, 0.3) is 0 Å². The first kappa shape index (κ1) is 14.2. The van der Waals surface area contributed by atoms with Crippen LogP contribution in [0.3, 0.4) is 0 Å². The van der Waals surface area contributed by atoms with Gasteiger partial charge in [0.2, 0.25) is 0 Å². The minimum absolute atomic E-state index is 0.250. The van der Waals surface area contributed by atoms with Crippen molar-refractivity contribution in [3.8, 4) is 11.5 Å². The third-order valence-corrected chi connectivity index (χ3v) is 3.52. The average Bonchev–Trinajstić information content (AvgIpc) is 2.36. The largest absolute Gasteiger partial charge is 0.455 e. The Kier molecular flexibility index (Phi) is 4.39. The Morgan fingerprint density at radius 1 is 1.21 bits per heavy atom. The fraction of sp³-hybridized carbons (Fsp3) is 0. The number of benzene rings is 2. The number of ether oxygens (including phenoxy) is 1. The maximum Gasteiger partial charge on any atom is 0.146 e. The van der Waals surface area contributed by atoms with E-state index >= 15 is 0 Å². The number of rotatable bonds is 3. The zero-order valence-electron chi connectivity index (χ0n) is 9.49. The van der Waals surface area contributed by atoms with Crippen molar-refractivity contribution in [1.29, 1.82) is 0 Å². The number of thiocarbonyl (C=S) groups is 1. The summed E-state index contributed by atoms with van der Waals surface area (Å²) in [6.45, 7) is 0. The van der Waals surface area contributed by atoms with Crippen LogP contribution in [-0.2, 0) is 0 Å². The van der Waals surface area contributed by atoms with Gasteiger partial charge in [-0.05, 0) is 46.3 Å². The molecule has 0 saturated carbocycles. The summed E-state index contributed by atoms with van der Waals surface area (Å²) >= 11 is 14.2. The van der Waals surface area contributed by atoms with E-state index in [2.05, 4.69) is 15.9 Å². The van der Waals surface area contributed by atoms with Crippen LogP contribution in [-0.4, -0.2) is 4.99 Å². The lowest BCUT2D eigenvalue weighted by Gasteiger charge is -2.10. The fourth-order valence-corrected chi connectivity index (χ4v) is 2.08. The van der Waals surface area contributed by atoms with Gasteiger partial charge in [-0.25, -0.2) is 4.39 Å². The minimum atomic E-state index is -0.394. The lowest BCUT2D eigenvalue weighted by molar-refractivity contribution is 0.474. The van der Waals surface area contributed by atoms with E-state index in [9.17, 15) is 4.39 Å². The predicted molar refractivity (Wildman–Crippen MR) is 81.5 cm³/mol. The molecule has 6 heteroatoms. The summed E-state index contributed by atoms with van der Waals surface area (Å²) < 4.78 is 19.3. The molecular weight excluding hydrogens is 353 g/mol. The molecule has 2 nitrogen and oxygen atoms in total. The first-order valence-corrected chi connectivity index (χ1v) is 6.77. The van der Waals surface area contributed by atoms with Gasteiger partial charge < -0.3 is 10.5 Å². The van der Waals surface area contributed by atoms with Crippen LogP contribution in [0.4, 0.5) is 4.39 Å². The predicted octanol–water partition coefficient (Wildman–Crippen LogP) is 4.67. The van der Waals surface area contributed by atoms with Crippen molar-refractivity contribution < 1.29 is 9.13 Å². The van der Waals surface area contributed by atoms with E-state index < -0.39 is 5.82 Å². The van der Waals surface area contributed by atoms with E-state index in [4.69, 9.17) is 34.3 Å².